The first-order valence-electron chi connectivity index (χ1n) is 7.03. The minimum atomic E-state index is 0.132. The average molecular weight is 260 g/mol. The standard InChI is InChI=1S/C14H32N2O2/c1-7-14(4,13(3)15-8-2)16(9-11-17-5)10-12-18-6/h13,15H,7-12H2,1-6H3. The van der Waals surface area contributed by atoms with Gasteiger partial charge in [0.25, 0.3) is 0 Å². The van der Waals surface area contributed by atoms with E-state index in [0.717, 1.165) is 39.3 Å². The lowest BCUT2D eigenvalue weighted by molar-refractivity contribution is 0.0214. The van der Waals surface area contributed by atoms with Gasteiger partial charge in [-0.2, -0.15) is 0 Å². The van der Waals surface area contributed by atoms with Gasteiger partial charge in [0.1, 0.15) is 0 Å². The Morgan fingerprint density at radius 1 is 1.11 bits per heavy atom. The Hall–Kier alpha value is -0.160. The van der Waals surface area contributed by atoms with Crippen LogP contribution in [0.2, 0.25) is 0 Å². The van der Waals surface area contributed by atoms with Crippen LogP contribution in [0, 0.1) is 0 Å². The maximum absolute atomic E-state index is 5.23. The summed E-state index contributed by atoms with van der Waals surface area (Å²) in [5.74, 6) is 0. The highest BCUT2D eigenvalue weighted by Gasteiger charge is 2.34. The summed E-state index contributed by atoms with van der Waals surface area (Å²) in [4.78, 5) is 2.48. The van der Waals surface area contributed by atoms with Crippen LogP contribution in [0.3, 0.4) is 0 Å². The molecule has 0 aromatic heterocycles. The molecule has 0 rings (SSSR count). The second-order valence-corrected chi connectivity index (χ2v) is 4.96. The SMILES string of the molecule is CCNC(C)C(C)(CC)N(CCOC)CCOC. The molecule has 0 aliphatic rings. The molecule has 1 N–H and O–H groups in total. The molecule has 110 valence electrons. The normalized spacial score (nSPS) is 16.8. The van der Waals surface area contributed by atoms with Gasteiger partial charge in [-0.15, -0.1) is 0 Å². The minimum Gasteiger partial charge on any atom is -0.383 e. The molecule has 2 unspecified atom stereocenters. The van der Waals surface area contributed by atoms with Crippen molar-refractivity contribution in [1.29, 1.82) is 0 Å². The maximum Gasteiger partial charge on any atom is 0.0589 e. The number of hydrogen-bond acceptors (Lipinski definition) is 4. The summed E-state index contributed by atoms with van der Waals surface area (Å²) >= 11 is 0. The molecule has 0 saturated carbocycles. The van der Waals surface area contributed by atoms with E-state index in [1.807, 2.05) is 0 Å². The van der Waals surface area contributed by atoms with Crippen molar-refractivity contribution in [2.75, 3.05) is 47.1 Å². The molecule has 18 heavy (non-hydrogen) atoms. The third-order valence-electron chi connectivity index (χ3n) is 4.01. The molecule has 4 heteroatoms. The fourth-order valence-corrected chi connectivity index (χ4v) is 2.36. The van der Waals surface area contributed by atoms with Gasteiger partial charge in [0.15, 0.2) is 0 Å². The predicted molar refractivity (Wildman–Crippen MR) is 77.2 cm³/mol. The first-order chi connectivity index (χ1) is 8.56. The molecular weight excluding hydrogens is 228 g/mol. The molecule has 2 atom stereocenters. The van der Waals surface area contributed by atoms with Crippen molar-refractivity contribution in [3.63, 3.8) is 0 Å². The van der Waals surface area contributed by atoms with Crippen molar-refractivity contribution in [3.8, 4) is 0 Å². The summed E-state index contributed by atoms with van der Waals surface area (Å²) in [5, 5.41) is 3.55. The zero-order valence-electron chi connectivity index (χ0n) is 13.1. The Labute approximate surface area is 113 Å². The van der Waals surface area contributed by atoms with Gasteiger partial charge in [-0.3, -0.25) is 4.90 Å². The van der Waals surface area contributed by atoms with Crippen molar-refractivity contribution in [2.24, 2.45) is 0 Å². The van der Waals surface area contributed by atoms with Crippen LogP contribution in [0.25, 0.3) is 0 Å². The summed E-state index contributed by atoms with van der Waals surface area (Å²) in [7, 11) is 3.51. The Morgan fingerprint density at radius 2 is 1.61 bits per heavy atom. The van der Waals surface area contributed by atoms with Gasteiger partial charge in [0.05, 0.1) is 13.2 Å². The molecule has 0 heterocycles. The number of methoxy groups -OCH3 is 2. The topological polar surface area (TPSA) is 33.7 Å². The van der Waals surface area contributed by atoms with Crippen molar-refractivity contribution >= 4 is 0 Å². The highest BCUT2D eigenvalue weighted by atomic mass is 16.5. The van der Waals surface area contributed by atoms with E-state index in [2.05, 4.69) is 37.9 Å². The Bertz CT molecular complexity index is 194. The molecule has 0 bridgehead atoms. The third kappa shape index (κ3) is 5.22. The zero-order valence-corrected chi connectivity index (χ0v) is 13.1. The summed E-state index contributed by atoms with van der Waals surface area (Å²) in [5.41, 5.74) is 0.132. The van der Waals surface area contributed by atoms with Crippen LogP contribution in [0.1, 0.15) is 34.1 Å². The van der Waals surface area contributed by atoms with Crippen LogP contribution >= 0.6 is 0 Å². The molecule has 0 radical (unpaired) electrons. The summed E-state index contributed by atoms with van der Waals surface area (Å²) in [6.07, 6.45) is 1.11. The largest absolute Gasteiger partial charge is 0.383 e. The molecule has 0 aromatic carbocycles. The highest BCUT2D eigenvalue weighted by Crippen LogP contribution is 2.23. The first-order valence-corrected chi connectivity index (χ1v) is 7.03. The lowest BCUT2D eigenvalue weighted by Gasteiger charge is -2.45. The smallest absolute Gasteiger partial charge is 0.0589 e. The van der Waals surface area contributed by atoms with Crippen LogP contribution in [0.4, 0.5) is 0 Å². The fraction of sp³-hybridized carbons (Fsp3) is 1.00. The van der Waals surface area contributed by atoms with Gasteiger partial charge in [0.2, 0.25) is 0 Å². The van der Waals surface area contributed by atoms with E-state index >= 15 is 0 Å². The summed E-state index contributed by atoms with van der Waals surface area (Å²) in [6, 6.07) is 0.446. The van der Waals surface area contributed by atoms with Crippen LogP contribution < -0.4 is 5.32 Å². The van der Waals surface area contributed by atoms with Gasteiger partial charge in [-0.1, -0.05) is 13.8 Å². The second-order valence-electron chi connectivity index (χ2n) is 4.96. The Morgan fingerprint density at radius 3 is 1.94 bits per heavy atom. The number of hydrogen-bond donors (Lipinski definition) is 1. The molecule has 0 aliphatic heterocycles. The second kappa shape index (κ2) is 9.73. The summed E-state index contributed by atoms with van der Waals surface area (Å²) in [6.45, 7) is 13.4. The van der Waals surface area contributed by atoms with Gasteiger partial charge in [-0.25, -0.2) is 0 Å². The molecular formula is C14H32N2O2. The number of likely N-dealkylation sites (N-methyl/N-ethyl adjacent to an activating group) is 1. The van der Waals surface area contributed by atoms with Gasteiger partial charge in [0, 0.05) is 38.9 Å². The molecule has 0 amide bonds. The van der Waals surface area contributed by atoms with Gasteiger partial charge >= 0.3 is 0 Å². The van der Waals surface area contributed by atoms with E-state index in [1.54, 1.807) is 14.2 Å². The lowest BCUT2D eigenvalue weighted by Crippen LogP contribution is -2.59. The monoisotopic (exact) mass is 260 g/mol. The first kappa shape index (κ1) is 17.8. The minimum absolute atomic E-state index is 0.132. The van der Waals surface area contributed by atoms with Gasteiger partial charge < -0.3 is 14.8 Å². The van der Waals surface area contributed by atoms with Gasteiger partial charge in [-0.05, 0) is 26.8 Å². The quantitative estimate of drug-likeness (QED) is 0.614. The lowest BCUT2D eigenvalue weighted by atomic mass is 9.88. The Kier molecular flexibility index (Phi) is 9.64. The average Bonchev–Trinajstić information content (AvgIpc) is 2.38. The van der Waals surface area contributed by atoms with Crippen LogP contribution in [-0.2, 0) is 9.47 Å². The van der Waals surface area contributed by atoms with Crippen LogP contribution in [0.5, 0.6) is 0 Å². The van der Waals surface area contributed by atoms with Crippen LogP contribution in [0.15, 0.2) is 0 Å². The van der Waals surface area contributed by atoms with Crippen molar-refractivity contribution in [1.82, 2.24) is 10.2 Å². The van der Waals surface area contributed by atoms with Crippen molar-refractivity contribution in [2.45, 2.75) is 45.7 Å². The molecule has 0 aliphatic carbocycles. The maximum atomic E-state index is 5.23. The Balaban J connectivity index is 4.73. The number of ether oxygens (including phenoxy) is 2. The molecule has 4 nitrogen and oxygen atoms in total. The number of nitrogens with zero attached hydrogens (tertiary/aromatic N) is 1. The zero-order chi connectivity index (χ0) is 14.0. The predicted octanol–water partition coefficient (Wildman–Crippen LogP) is 1.75. The van der Waals surface area contributed by atoms with E-state index in [1.165, 1.54) is 0 Å². The third-order valence-corrected chi connectivity index (χ3v) is 4.01. The van der Waals surface area contributed by atoms with Crippen molar-refractivity contribution < 1.29 is 9.47 Å². The fourth-order valence-electron chi connectivity index (χ4n) is 2.36. The van der Waals surface area contributed by atoms with E-state index in [9.17, 15) is 0 Å². The highest BCUT2D eigenvalue weighted by molar-refractivity contribution is 4.94. The molecule has 0 fully saturated rings. The number of nitrogens with one attached hydrogen (secondary N) is 1. The van der Waals surface area contributed by atoms with E-state index in [-0.39, 0.29) is 5.54 Å². The molecule has 0 aromatic rings. The van der Waals surface area contributed by atoms with Crippen LogP contribution in [-0.4, -0.2) is 63.5 Å². The summed E-state index contributed by atoms with van der Waals surface area (Å²) < 4.78 is 10.5. The number of rotatable bonds is 11. The van der Waals surface area contributed by atoms with E-state index in [0.29, 0.717) is 6.04 Å². The van der Waals surface area contributed by atoms with Crippen molar-refractivity contribution in [3.05, 3.63) is 0 Å². The molecule has 0 spiro atoms. The van der Waals surface area contributed by atoms with E-state index in [4.69, 9.17) is 9.47 Å². The molecule has 0 saturated heterocycles. The van der Waals surface area contributed by atoms with E-state index < -0.39 is 0 Å².